The first kappa shape index (κ1) is 22.6. The van der Waals surface area contributed by atoms with Gasteiger partial charge in [-0.1, -0.05) is 26.7 Å². The van der Waals surface area contributed by atoms with Crippen LogP contribution in [0, 0.1) is 17.8 Å². The van der Waals surface area contributed by atoms with Crippen LogP contribution < -0.4 is 0 Å². The van der Waals surface area contributed by atoms with Gasteiger partial charge in [0, 0.05) is 0 Å². The highest BCUT2D eigenvalue weighted by atomic mass is 16.7. The van der Waals surface area contributed by atoms with Crippen molar-refractivity contribution in [2.24, 2.45) is 17.8 Å². The van der Waals surface area contributed by atoms with E-state index in [0.717, 1.165) is 32.1 Å². The smallest absolute Gasteiger partial charge is 0.309 e. The van der Waals surface area contributed by atoms with E-state index < -0.39 is 30.7 Å². The molecule has 1 saturated heterocycles. The third-order valence-electron chi connectivity index (χ3n) is 5.96. The molecule has 7 nitrogen and oxygen atoms in total. The number of carbonyl (C=O) groups is 1. The molecule has 1 unspecified atom stereocenters. The van der Waals surface area contributed by atoms with Crippen molar-refractivity contribution in [3.63, 3.8) is 0 Å². The van der Waals surface area contributed by atoms with Gasteiger partial charge in [0.05, 0.1) is 24.7 Å². The van der Waals surface area contributed by atoms with Crippen LogP contribution in [0.4, 0.5) is 0 Å². The summed E-state index contributed by atoms with van der Waals surface area (Å²) in [5.74, 6) is 0.684. The lowest BCUT2D eigenvalue weighted by Gasteiger charge is -2.39. The lowest BCUT2D eigenvalue weighted by molar-refractivity contribution is -0.303. The number of ether oxygens (including phenoxy) is 3. The lowest BCUT2D eigenvalue weighted by atomic mass is 10.00. The van der Waals surface area contributed by atoms with Gasteiger partial charge in [-0.05, 0) is 44.9 Å². The standard InChI is InChI=1S/C20H36O7/c1-5-13(6-2)10-25-19(24)15-9-14(15)8-7-11(3)26-20-18(23)17(22)16(21)12(4)27-20/h11-18,20-23H,5-10H2,1-4H3/t11-,12+,14-,15+,16-,17-,18?,20-/m1/s1. The summed E-state index contributed by atoms with van der Waals surface area (Å²) in [7, 11) is 0. The average molecular weight is 389 g/mol. The molecule has 158 valence electrons. The Morgan fingerprint density at radius 3 is 2.44 bits per heavy atom. The Kier molecular flexibility index (Phi) is 8.49. The molecule has 3 N–H and O–H groups in total. The molecule has 1 aliphatic heterocycles. The molecule has 1 aliphatic carbocycles. The fourth-order valence-corrected chi connectivity index (χ4v) is 3.56. The Morgan fingerprint density at radius 2 is 1.81 bits per heavy atom. The van der Waals surface area contributed by atoms with E-state index in [1.54, 1.807) is 6.92 Å². The first-order chi connectivity index (χ1) is 12.8. The normalized spacial score (nSPS) is 37.3. The number of aliphatic hydroxyl groups is 3. The monoisotopic (exact) mass is 388 g/mol. The molecule has 0 amide bonds. The van der Waals surface area contributed by atoms with Crippen molar-refractivity contribution in [2.75, 3.05) is 6.61 Å². The maximum absolute atomic E-state index is 12.1. The maximum atomic E-state index is 12.1. The second-order valence-corrected chi connectivity index (χ2v) is 8.12. The number of rotatable bonds is 10. The Hall–Kier alpha value is -0.730. The van der Waals surface area contributed by atoms with Crippen LogP contribution in [0.15, 0.2) is 0 Å². The highest BCUT2D eigenvalue weighted by Crippen LogP contribution is 2.43. The van der Waals surface area contributed by atoms with Gasteiger partial charge in [0.1, 0.15) is 18.3 Å². The third kappa shape index (κ3) is 6.12. The summed E-state index contributed by atoms with van der Waals surface area (Å²) in [6.07, 6.45) is -1.01. The topological polar surface area (TPSA) is 105 Å². The molecule has 0 aromatic rings. The van der Waals surface area contributed by atoms with Gasteiger partial charge in [0.15, 0.2) is 6.29 Å². The summed E-state index contributed by atoms with van der Waals surface area (Å²) >= 11 is 0. The molecular formula is C20H36O7. The predicted molar refractivity (Wildman–Crippen MR) is 98.8 cm³/mol. The first-order valence-electron chi connectivity index (χ1n) is 10.3. The van der Waals surface area contributed by atoms with Crippen LogP contribution in [0.2, 0.25) is 0 Å². The molecule has 0 radical (unpaired) electrons. The SMILES string of the molecule is CCC(CC)COC(=O)[C@H]1C[C@H]1CC[C@@H](C)O[C@@H]1O[C@@H](C)[C@@H](O)[C@@H](O)C1O. The van der Waals surface area contributed by atoms with Crippen LogP contribution in [-0.4, -0.2) is 64.7 Å². The van der Waals surface area contributed by atoms with Crippen molar-refractivity contribution >= 4 is 5.97 Å². The Labute approximate surface area is 162 Å². The predicted octanol–water partition coefficient (Wildman–Crippen LogP) is 1.61. The van der Waals surface area contributed by atoms with E-state index in [1.807, 2.05) is 6.92 Å². The molecule has 0 aromatic heterocycles. The van der Waals surface area contributed by atoms with E-state index in [-0.39, 0.29) is 18.0 Å². The minimum absolute atomic E-state index is 0.0000691. The number of aliphatic hydroxyl groups excluding tert-OH is 3. The summed E-state index contributed by atoms with van der Waals surface area (Å²) in [4.78, 5) is 12.1. The minimum Gasteiger partial charge on any atom is -0.465 e. The van der Waals surface area contributed by atoms with E-state index in [2.05, 4.69) is 13.8 Å². The summed E-state index contributed by atoms with van der Waals surface area (Å²) in [5, 5.41) is 29.5. The number of carbonyl (C=O) groups excluding carboxylic acids is 1. The third-order valence-corrected chi connectivity index (χ3v) is 5.96. The summed E-state index contributed by atoms with van der Waals surface area (Å²) in [6, 6.07) is 0. The zero-order valence-corrected chi connectivity index (χ0v) is 16.9. The van der Waals surface area contributed by atoms with E-state index >= 15 is 0 Å². The highest BCUT2D eigenvalue weighted by molar-refractivity contribution is 5.75. The van der Waals surface area contributed by atoms with Crippen molar-refractivity contribution in [3.8, 4) is 0 Å². The molecule has 27 heavy (non-hydrogen) atoms. The Morgan fingerprint density at radius 1 is 1.15 bits per heavy atom. The fourth-order valence-electron chi connectivity index (χ4n) is 3.56. The van der Waals surface area contributed by atoms with Gasteiger partial charge in [-0.2, -0.15) is 0 Å². The van der Waals surface area contributed by atoms with Crippen LogP contribution in [0.25, 0.3) is 0 Å². The van der Waals surface area contributed by atoms with E-state index in [1.165, 1.54) is 0 Å². The van der Waals surface area contributed by atoms with E-state index in [4.69, 9.17) is 14.2 Å². The lowest BCUT2D eigenvalue weighted by Crippen LogP contribution is -2.57. The maximum Gasteiger partial charge on any atom is 0.309 e. The first-order valence-corrected chi connectivity index (χ1v) is 10.3. The quantitative estimate of drug-likeness (QED) is 0.488. The second kappa shape index (κ2) is 10.2. The fraction of sp³-hybridized carbons (Fsp3) is 0.950. The van der Waals surface area contributed by atoms with Crippen molar-refractivity contribution in [2.45, 2.75) is 96.6 Å². The van der Waals surface area contributed by atoms with Gasteiger partial charge in [0.2, 0.25) is 0 Å². The second-order valence-electron chi connectivity index (χ2n) is 8.12. The highest BCUT2D eigenvalue weighted by Gasteiger charge is 2.45. The Bertz CT molecular complexity index is 467. The number of hydrogen-bond acceptors (Lipinski definition) is 7. The van der Waals surface area contributed by atoms with Gasteiger partial charge < -0.3 is 29.5 Å². The molecule has 2 aliphatic rings. The molecule has 0 bridgehead atoms. The molecule has 1 saturated carbocycles. The van der Waals surface area contributed by atoms with E-state index in [0.29, 0.717) is 18.4 Å². The molecular weight excluding hydrogens is 352 g/mol. The van der Waals surface area contributed by atoms with Crippen LogP contribution in [0.1, 0.15) is 59.8 Å². The van der Waals surface area contributed by atoms with Crippen LogP contribution in [0.3, 0.4) is 0 Å². The molecule has 1 heterocycles. The molecule has 2 fully saturated rings. The molecule has 7 heteroatoms. The van der Waals surface area contributed by atoms with Crippen molar-refractivity contribution in [1.82, 2.24) is 0 Å². The van der Waals surface area contributed by atoms with Gasteiger partial charge in [-0.15, -0.1) is 0 Å². The van der Waals surface area contributed by atoms with Crippen molar-refractivity contribution in [3.05, 3.63) is 0 Å². The largest absolute Gasteiger partial charge is 0.465 e. The van der Waals surface area contributed by atoms with Crippen molar-refractivity contribution < 1.29 is 34.3 Å². The van der Waals surface area contributed by atoms with Gasteiger partial charge in [0.25, 0.3) is 0 Å². The summed E-state index contributed by atoms with van der Waals surface area (Å²) in [5.41, 5.74) is 0. The van der Waals surface area contributed by atoms with Crippen LogP contribution in [-0.2, 0) is 19.0 Å². The zero-order chi connectivity index (χ0) is 20.1. The average Bonchev–Trinajstić information content (AvgIpc) is 3.43. The minimum atomic E-state index is -1.29. The number of hydrogen-bond donors (Lipinski definition) is 3. The number of esters is 1. The molecule has 0 aromatic carbocycles. The van der Waals surface area contributed by atoms with Gasteiger partial charge in [-0.25, -0.2) is 0 Å². The van der Waals surface area contributed by atoms with Gasteiger partial charge in [-0.3, -0.25) is 4.79 Å². The zero-order valence-electron chi connectivity index (χ0n) is 16.9. The summed E-state index contributed by atoms with van der Waals surface area (Å²) < 4.78 is 16.6. The van der Waals surface area contributed by atoms with Crippen LogP contribution >= 0.6 is 0 Å². The Balaban J connectivity index is 1.66. The molecule has 2 rings (SSSR count). The van der Waals surface area contributed by atoms with Gasteiger partial charge >= 0.3 is 5.97 Å². The molecule has 8 atom stereocenters. The van der Waals surface area contributed by atoms with E-state index in [9.17, 15) is 20.1 Å². The van der Waals surface area contributed by atoms with Crippen molar-refractivity contribution in [1.29, 1.82) is 0 Å². The van der Waals surface area contributed by atoms with Crippen LogP contribution in [0.5, 0.6) is 0 Å². The summed E-state index contributed by atoms with van der Waals surface area (Å²) in [6.45, 7) is 8.23. The molecule has 0 spiro atoms.